The summed E-state index contributed by atoms with van der Waals surface area (Å²) in [6.45, 7) is 0. The molecule has 1 heterocycles. The first-order valence-corrected chi connectivity index (χ1v) is 8.42. The van der Waals surface area contributed by atoms with E-state index in [1.807, 2.05) is 0 Å². The van der Waals surface area contributed by atoms with Crippen LogP contribution in [0.5, 0.6) is 0 Å². The summed E-state index contributed by atoms with van der Waals surface area (Å²) in [6, 6.07) is 8.00. The minimum Gasteiger partial charge on any atom is -0.363 e. The maximum atomic E-state index is 13.2. The number of nitrogens with one attached hydrogen (secondary N) is 2. The number of sulfonamides is 1. The lowest BCUT2D eigenvalue weighted by atomic mass is 10.1. The molecule has 0 saturated heterocycles. The fraction of sp³-hybridized carbons (Fsp3) is 0.267. The summed E-state index contributed by atoms with van der Waals surface area (Å²) in [5, 5.41) is 3.26. The second kappa shape index (κ2) is 5.66. The van der Waals surface area contributed by atoms with Crippen molar-refractivity contribution in [2.45, 2.75) is 23.8 Å². The molecular formula is C15H16FN3O2S. The van der Waals surface area contributed by atoms with E-state index in [9.17, 15) is 12.8 Å². The van der Waals surface area contributed by atoms with Gasteiger partial charge in [0, 0.05) is 6.20 Å². The molecule has 0 spiro atoms. The van der Waals surface area contributed by atoms with Crippen LogP contribution in [-0.4, -0.2) is 20.4 Å². The zero-order chi connectivity index (χ0) is 15.7. The highest BCUT2D eigenvalue weighted by molar-refractivity contribution is 7.89. The van der Waals surface area contributed by atoms with Crippen LogP contribution in [0.4, 0.5) is 10.2 Å². The summed E-state index contributed by atoms with van der Waals surface area (Å²) in [7, 11) is -2.12. The predicted octanol–water partition coefficient (Wildman–Crippen LogP) is 2.23. The van der Waals surface area contributed by atoms with Crippen molar-refractivity contribution in [3.05, 3.63) is 53.5 Å². The number of aromatic nitrogens is 1. The first-order valence-electron chi connectivity index (χ1n) is 6.94. The minimum absolute atomic E-state index is 0.0647. The summed E-state index contributed by atoms with van der Waals surface area (Å²) in [6.07, 6.45) is 2.99. The molecule has 0 amide bonds. The molecule has 1 aromatic carbocycles. The van der Waals surface area contributed by atoms with E-state index in [-0.39, 0.29) is 16.8 Å². The SMILES string of the molecule is CNS(=O)(=O)c1ccc(NC2CCc3cc(F)ccc32)nc1. The molecule has 1 unspecified atom stereocenters. The molecule has 22 heavy (non-hydrogen) atoms. The smallest absolute Gasteiger partial charge is 0.241 e. The van der Waals surface area contributed by atoms with Crippen LogP contribution in [0.15, 0.2) is 41.4 Å². The number of hydrogen-bond acceptors (Lipinski definition) is 4. The van der Waals surface area contributed by atoms with E-state index in [4.69, 9.17) is 0 Å². The van der Waals surface area contributed by atoms with Crippen LogP contribution < -0.4 is 10.0 Å². The zero-order valence-electron chi connectivity index (χ0n) is 12.0. The summed E-state index contributed by atoms with van der Waals surface area (Å²) in [5.41, 5.74) is 2.07. The number of aryl methyl sites for hydroxylation is 1. The second-order valence-electron chi connectivity index (χ2n) is 5.17. The molecule has 0 aliphatic heterocycles. The molecule has 2 aromatic rings. The van der Waals surface area contributed by atoms with Crippen molar-refractivity contribution in [2.24, 2.45) is 0 Å². The lowest BCUT2D eigenvalue weighted by Crippen LogP contribution is -2.18. The number of nitrogens with zero attached hydrogens (tertiary/aromatic N) is 1. The number of hydrogen-bond donors (Lipinski definition) is 2. The fourth-order valence-corrected chi connectivity index (χ4v) is 3.33. The third-order valence-corrected chi connectivity index (χ3v) is 5.22. The quantitative estimate of drug-likeness (QED) is 0.906. The van der Waals surface area contributed by atoms with Gasteiger partial charge in [-0.3, -0.25) is 0 Å². The lowest BCUT2D eigenvalue weighted by Gasteiger charge is -2.15. The van der Waals surface area contributed by atoms with Crippen LogP contribution in [0.25, 0.3) is 0 Å². The molecule has 0 fully saturated rings. The molecular weight excluding hydrogens is 305 g/mol. The molecule has 3 rings (SSSR count). The Kier molecular flexibility index (Phi) is 3.84. The minimum atomic E-state index is -3.48. The van der Waals surface area contributed by atoms with Gasteiger partial charge in [0.05, 0.1) is 6.04 Å². The van der Waals surface area contributed by atoms with E-state index >= 15 is 0 Å². The van der Waals surface area contributed by atoms with Gasteiger partial charge in [0.15, 0.2) is 0 Å². The maximum Gasteiger partial charge on any atom is 0.241 e. The highest BCUT2D eigenvalue weighted by Gasteiger charge is 2.23. The third-order valence-electron chi connectivity index (χ3n) is 3.82. The van der Waals surface area contributed by atoms with E-state index < -0.39 is 10.0 Å². The Labute approximate surface area is 128 Å². The van der Waals surface area contributed by atoms with Gasteiger partial charge in [-0.15, -0.1) is 0 Å². The van der Waals surface area contributed by atoms with Gasteiger partial charge in [0.25, 0.3) is 0 Å². The van der Waals surface area contributed by atoms with E-state index in [0.717, 1.165) is 24.0 Å². The van der Waals surface area contributed by atoms with Gasteiger partial charge in [-0.25, -0.2) is 22.5 Å². The molecule has 1 aliphatic carbocycles. The normalized spacial score (nSPS) is 17.3. The summed E-state index contributed by atoms with van der Waals surface area (Å²) < 4.78 is 38.7. The van der Waals surface area contributed by atoms with E-state index in [2.05, 4.69) is 15.0 Å². The highest BCUT2D eigenvalue weighted by Crippen LogP contribution is 2.33. The maximum absolute atomic E-state index is 13.2. The third kappa shape index (κ3) is 2.82. The van der Waals surface area contributed by atoms with Crippen LogP contribution in [0.2, 0.25) is 0 Å². The Hall–Kier alpha value is -1.99. The largest absolute Gasteiger partial charge is 0.363 e. The molecule has 7 heteroatoms. The van der Waals surface area contributed by atoms with Gasteiger partial charge in [0.1, 0.15) is 16.5 Å². The monoisotopic (exact) mass is 321 g/mol. The second-order valence-corrected chi connectivity index (χ2v) is 7.05. The predicted molar refractivity (Wildman–Crippen MR) is 81.6 cm³/mol. The standard InChI is InChI=1S/C15H16FN3O2S/c1-17-22(20,21)12-4-7-15(18-9-12)19-14-6-2-10-8-11(16)3-5-13(10)14/h3-5,7-9,14,17H,2,6H2,1H3,(H,18,19). The van der Waals surface area contributed by atoms with Gasteiger partial charge in [0.2, 0.25) is 10.0 Å². The number of fused-ring (bicyclic) bond motifs is 1. The first kappa shape index (κ1) is 14.9. The van der Waals surface area contributed by atoms with Crippen LogP contribution >= 0.6 is 0 Å². The molecule has 0 bridgehead atoms. The van der Waals surface area contributed by atoms with Gasteiger partial charge in [-0.1, -0.05) is 6.07 Å². The van der Waals surface area contributed by atoms with E-state index in [0.29, 0.717) is 5.82 Å². The fourth-order valence-electron chi connectivity index (χ4n) is 2.66. The van der Waals surface area contributed by atoms with Crippen molar-refractivity contribution >= 4 is 15.8 Å². The summed E-state index contributed by atoms with van der Waals surface area (Å²) >= 11 is 0. The Balaban J connectivity index is 1.78. The van der Waals surface area contributed by atoms with Crippen molar-refractivity contribution in [3.63, 3.8) is 0 Å². The van der Waals surface area contributed by atoms with Crippen LogP contribution in [0.1, 0.15) is 23.6 Å². The number of halogens is 1. The Morgan fingerprint density at radius 1 is 1.27 bits per heavy atom. The van der Waals surface area contributed by atoms with E-state index in [1.54, 1.807) is 18.2 Å². The molecule has 1 atom stereocenters. The number of benzene rings is 1. The number of rotatable bonds is 4. The summed E-state index contributed by atoms with van der Waals surface area (Å²) in [5.74, 6) is 0.372. The molecule has 1 aliphatic rings. The van der Waals surface area contributed by atoms with Crippen molar-refractivity contribution in [3.8, 4) is 0 Å². The topological polar surface area (TPSA) is 71.1 Å². The average Bonchev–Trinajstić information content (AvgIpc) is 2.90. The average molecular weight is 321 g/mol. The molecule has 5 nitrogen and oxygen atoms in total. The zero-order valence-corrected chi connectivity index (χ0v) is 12.8. The van der Waals surface area contributed by atoms with Crippen molar-refractivity contribution in [1.29, 1.82) is 0 Å². The van der Waals surface area contributed by atoms with Gasteiger partial charge >= 0.3 is 0 Å². The highest BCUT2D eigenvalue weighted by atomic mass is 32.2. The first-order chi connectivity index (χ1) is 10.5. The Morgan fingerprint density at radius 3 is 2.77 bits per heavy atom. The van der Waals surface area contributed by atoms with Gasteiger partial charge in [-0.05, 0) is 55.3 Å². The van der Waals surface area contributed by atoms with Gasteiger partial charge in [-0.2, -0.15) is 0 Å². The molecule has 116 valence electrons. The Bertz CT molecular complexity index is 791. The van der Waals surface area contributed by atoms with Crippen molar-refractivity contribution in [1.82, 2.24) is 9.71 Å². The van der Waals surface area contributed by atoms with Crippen LogP contribution in [0, 0.1) is 5.82 Å². The molecule has 1 aromatic heterocycles. The molecule has 0 saturated carbocycles. The van der Waals surface area contributed by atoms with E-state index in [1.165, 1.54) is 25.4 Å². The van der Waals surface area contributed by atoms with Crippen LogP contribution in [-0.2, 0) is 16.4 Å². The molecule has 2 N–H and O–H groups in total. The molecule has 0 radical (unpaired) electrons. The van der Waals surface area contributed by atoms with Crippen LogP contribution in [0.3, 0.4) is 0 Å². The summed E-state index contributed by atoms with van der Waals surface area (Å²) in [4.78, 5) is 4.26. The van der Waals surface area contributed by atoms with Crippen molar-refractivity contribution < 1.29 is 12.8 Å². The van der Waals surface area contributed by atoms with Gasteiger partial charge < -0.3 is 5.32 Å². The Morgan fingerprint density at radius 2 is 2.09 bits per heavy atom. The number of anilines is 1. The van der Waals surface area contributed by atoms with Crippen molar-refractivity contribution in [2.75, 3.05) is 12.4 Å². The lowest BCUT2D eigenvalue weighted by molar-refractivity contribution is 0.588. The number of pyridine rings is 1.